The van der Waals surface area contributed by atoms with E-state index in [1.807, 2.05) is 12.1 Å². The van der Waals surface area contributed by atoms with Crippen LogP contribution in [0.25, 0.3) is 11.6 Å². The van der Waals surface area contributed by atoms with Crippen molar-refractivity contribution in [1.29, 1.82) is 0 Å². The molecule has 0 aromatic heterocycles. The Morgan fingerprint density at radius 3 is 2.19 bits per heavy atom. The molecule has 0 unspecified atom stereocenters. The van der Waals surface area contributed by atoms with Crippen LogP contribution in [0, 0.1) is 0 Å². The van der Waals surface area contributed by atoms with Gasteiger partial charge in [0.2, 0.25) is 0 Å². The maximum Gasteiger partial charge on any atom is 0.335 e. The first-order chi connectivity index (χ1) is 12.1. The molecule has 2 nitrogen and oxygen atoms in total. The van der Waals surface area contributed by atoms with Crippen LogP contribution in [-0.2, 0) is 10.8 Å². The molecule has 0 aliphatic heterocycles. The maximum atomic E-state index is 11.0. The fraction of sp³-hybridized carbons (Fsp3) is 0.375. The smallest absolute Gasteiger partial charge is 0.335 e. The van der Waals surface area contributed by atoms with E-state index in [1.54, 1.807) is 12.1 Å². The lowest BCUT2D eigenvalue weighted by Gasteiger charge is -2.43. The summed E-state index contributed by atoms with van der Waals surface area (Å²) in [5, 5.41) is 9.06. The molecule has 2 aromatic carbocycles. The molecule has 2 aromatic rings. The minimum absolute atomic E-state index is 0.156. The summed E-state index contributed by atoms with van der Waals surface area (Å²) < 4.78 is 0. The zero-order valence-corrected chi connectivity index (χ0v) is 16.4. The van der Waals surface area contributed by atoms with E-state index in [-0.39, 0.29) is 10.8 Å². The van der Waals surface area contributed by atoms with Crippen molar-refractivity contribution in [3.63, 3.8) is 0 Å². The van der Waals surface area contributed by atoms with Gasteiger partial charge < -0.3 is 5.11 Å². The Morgan fingerprint density at radius 1 is 0.962 bits per heavy atom. The summed E-state index contributed by atoms with van der Waals surface area (Å²) in [7, 11) is 0. The van der Waals surface area contributed by atoms with E-state index in [4.69, 9.17) is 5.11 Å². The van der Waals surface area contributed by atoms with Crippen LogP contribution in [0.5, 0.6) is 0 Å². The number of fused-ring (bicyclic) bond motifs is 1. The third-order valence-corrected chi connectivity index (χ3v) is 5.81. The summed E-state index contributed by atoms with van der Waals surface area (Å²) in [4.78, 5) is 11.0. The van der Waals surface area contributed by atoms with Crippen LogP contribution in [0.1, 0.15) is 80.1 Å². The van der Waals surface area contributed by atoms with Crippen molar-refractivity contribution >= 4 is 17.6 Å². The molecule has 0 saturated heterocycles. The number of rotatable bonds is 3. The number of hydrogen-bond donors (Lipinski definition) is 1. The van der Waals surface area contributed by atoms with Crippen molar-refractivity contribution in [3.8, 4) is 0 Å². The van der Waals surface area contributed by atoms with Crippen LogP contribution >= 0.6 is 0 Å². The molecular weight excluding hydrogens is 320 g/mol. The first-order valence-corrected chi connectivity index (χ1v) is 9.28. The summed E-state index contributed by atoms with van der Waals surface area (Å²) >= 11 is 0. The number of carbonyl (C=O) groups is 1. The highest BCUT2D eigenvalue weighted by Crippen LogP contribution is 2.48. The maximum absolute atomic E-state index is 11.0. The topological polar surface area (TPSA) is 37.3 Å². The van der Waals surface area contributed by atoms with Gasteiger partial charge in [0.25, 0.3) is 0 Å². The van der Waals surface area contributed by atoms with Crippen LogP contribution in [-0.4, -0.2) is 11.1 Å². The van der Waals surface area contributed by atoms with Crippen molar-refractivity contribution in [3.05, 3.63) is 70.3 Å². The molecule has 0 radical (unpaired) electrons. The number of allylic oxidation sites excluding steroid dienone is 1. The molecule has 136 valence electrons. The summed E-state index contributed by atoms with van der Waals surface area (Å²) in [6.07, 6.45) is 4.54. The van der Waals surface area contributed by atoms with Crippen molar-refractivity contribution in [2.24, 2.45) is 0 Å². The molecule has 0 fully saturated rings. The van der Waals surface area contributed by atoms with Gasteiger partial charge in [0.15, 0.2) is 0 Å². The second-order valence-electron chi connectivity index (χ2n) is 8.75. The third kappa shape index (κ3) is 3.33. The average molecular weight is 348 g/mol. The van der Waals surface area contributed by atoms with E-state index in [2.05, 4.69) is 58.9 Å². The highest BCUT2D eigenvalue weighted by atomic mass is 16.4. The minimum atomic E-state index is -0.890. The Hall–Kier alpha value is -2.35. The second-order valence-corrected chi connectivity index (χ2v) is 8.75. The molecule has 1 N–H and O–H groups in total. The molecule has 0 amide bonds. The molecule has 1 aliphatic rings. The summed E-state index contributed by atoms with van der Waals surface area (Å²) in [5.74, 6) is -0.890. The van der Waals surface area contributed by atoms with E-state index < -0.39 is 5.97 Å². The Bertz CT molecular complexity index is 868. The second kappa shape index (κ2) is 6.42. The number of carboxylic acid groups (broad SMARTS) is 1. The van der Waals surface area contributed by atoms with E-state index in [0.717, 1.165) is 5.56 Å². The Morgan fingerprint density at radius 2 is 1.58 bits per heavy atom. The lowest BCUT2D eigenvalue weighted by molar-refractivity contribution is 0.0697. The zero-order chi connectivity index (χ0) is 19.1. The fourth-order valence-electron chi connectivity index (χ4n) is 4.11. The first-order valence-electron chi connectivity index (χ1n) is 9.28. The molecule has 0 heterocycles. The summed E-state index contributed by atoms with van der Waals surface area (Å²) in [5.41, 5.74) is 7.15. The first kappa shape index (κ1) is 18.4. The number of aromatic carboxylic acids is 1. The molecule has 0 spiro atoms. The van der Waals surface area contributed by atoms with Gasteiger partial charge >= 0.3 is 5.97 Å². The monoisotopic (exact) mass is 348 g/mol. The molecular formula is C24H28O2. The lowest BCUT2D eigenvalue weighted by Crippen LogP contribution is -2.34. The largest absolute Gasteiger partial charge is 0.478 e. The quantitative estimate of drug-likeness (QED) is 0.661. The average Bonchev–Trinajstić information content (AvgIpc) is 2.59. The normalized spacial score (nSPS) is 18.3. The number of carboxylic acids is 1. The Balaban J connectivity index is 2.08. The van der Waals surface area contributed by atoms with Gasteiger partial charge in [-0.05, 0) is 70.6 Å². The van der Waals surface area contributed by atoms with Gasteiger partial charge in [0, 0.05) is 0 Å². The SMILES string of the molecule is C/C(=C/c1ccc(C(=O)O)cc1)c1cccc2c1C(C)(C)CCC2(C)C. The van der Waals surface area contributed by atoms with Crippen LogP contribution in [0.15, 0.2) is 42.5 Å². The predicted molar refractivity (Wildman–Crippen MR) is 109 cm³/mol. The van der Waals surface area contributed by atoms with Crippen molar-refractivity contribution in [2.75, 3.05) is 0 Å². The van der Waals surface area contributed by atoms with Gasteiger partial charge in [-0.25, -0.2) is 4.79 Å². The molecule has 2 heteroatoms. The van der Waals surface area contributed by atoms with Crippen molar-refractivity contribution < 1.29 is 9.90 Å². The van der Waals surface area contributed by atoms with Crippen molar-refractivity contribution in [2.45, 2.75) is 58.3 Å². The van der Waals surface area contributed by atoms with Crippen molar-refractivity contribution in [1.82, 2.24) is 0 Å². The van der Waals surface area contributed by atoms with Gasteiger partial charge in [-0.15, -0.1) is 0 Å². The van der Waals surface area contributed by atoms with E-state index >= 15 is 0 Å². The number of benzene rings is 2. The highest BCUT2D eigenvalue weighted by molar-refractivity contribution is 5.88. The van der Waals surface area contributed by atoms with Crippen LogP contribution < -0.4 is 0 Å². The summed E-state index contributed by atoms with van der Waals surface area (Å²) in [6.45, 7) is 11.5. The van der Waals surface area contributed by atoms with Gasteiger partial charge in [0.05, 0.1) is 5.56 Å². The number of hydrogen-bond acceptors (Lipinski definition) is 1. The third-order valence-electron chi connectivity index (χ3n) is 5.81. The van der Waals surface area contributed by atoms with Gasteiger partial charge in [0.1, 0.15) is 0 Å². The predicted octanol–water partition coefficient (Wildman–Crippen LogP) is 6.29. The van der Waals surface area contributed by atoms with Gasteiger partial charge in [-0.2, -0.15) is 0 Å². The molecule has 0 saturated carbocycles. The minimum Gasteiger partial charge on any atom is -0.478 e. The lowest BCUT2D eigenvalue weighted by atomic mass is 9.61. The Kier molecular flexibility index (Phi) is 4.56. The highest BCUT2D eigenvalue weighted by Gasteiger charge is 2.38. The molecule has 1 aliphatic carbocycles. The van der Waals surface area contributed by atoms with E-state index in [1.165, 1.54) is 35.1 Å². The molecule has 0 atom stereocenters. The van der Waals surface area contributed by atoms with Crippen LogP contribution in [0.4, 0.5) is 0 Å². The molecule has 3 rings (SSSR count). The molecule has 26 heavy (non-hydrogen) atoms. The summed E-state index contributed by atoms with van der Waals surface area (Å²) in [6, 6.07) is 13.7. The van der Waals surface area contributed by atoms with E-state index in [0.29, 0.717) is 5.56 Å². The van der Waals surface area contributed by atoms with Crippen LogP contribution in [0.3, 0.4) is 0 Å². The molecule has 0 bridgehead atoms. The standard InChI is InChI=1S/C24H28O2/c1-16(15-17-9-11-18(12-10-17)22(25)26)19-7-6-8-20-21(19)24(4,5)14-13-23(20,2)3/h6-12,15H,13-14H2,1-5H3,(H,25,26)/b16-15-. The zero-order valence-electron chi connectivity index (χ0n) is 16.4. The van der Waals surface area contributed by atoms with Gasteiger partial charge in [-0.1, -0.05) is 64.1 Å². The van der Waals surface area contributed by atoms with E-state index in [9.17, 15) is 4.79 Å². The fourth-order valence-corrected chi connectivity index (χ4v) is 4.11. The van der Waals surface area contributed by atoms with Crippen LogP contribution in [0.2, 0.25) is 0 Å². The Labute approximate surface area is 156 Å². The van der Waals surface area contributed by atoms with Gasteiger partial charge in [-0.3, -0.25) is 0 Å².